The highest BCUT2D eigenvalue weighted by Gasteiger charge is 2.23. The van der Waals surface area contributed by atoms with Gasteiger partial charge in [-0.1, -0.05) is 49.0 Å². The fourth-order valence-electron chi connectivity index (χ4n) is 2.53. The quantitative estimate of drug-likeness (QED) is 0.635. The van der Waals surface area contributed by atoms with E-state index in [1.54, 1.807) is 0 Å². The van der Waals surface area contributed by atoms with Crippen molar-refractivity contribution < 1.29 is 0 Å². The van der Waals surface area contributed by atoms with Crippen LogP contribution in [0.4, 0.5) is 0 Å². The molecule has 0 nitrogen and oxygen atoms in total. The Hall–Kier alpha value is 0.480. The van der Waals surface area contributed by atoms with Crippen molar-refractivity contribution in [1.82, 2.24) is 0 Å². The molecule has 0 saturated heterocycles. The van der Waals surface area contributed by atoms with Gasteiger partial charge in [0.1, 0.15) is 0 Å². The van der Waals surface area contributed by atoms with Crippen LogP contribution in [-0.4, -0.2) is 5.33 Å². The molecule has 1 aliphatic carbocycles. The van der Waals surface area contributed by atoms with Gasteiger partial charge < -0.3 is 0 Å². The van der Waals surface area contributed by atoms with Gasteiger partial charge in [0.25, 0.3) is 0 Å². The molecule has 0 bridgehead atoms. The van der Waals surface area contributed by atoms with Crippen molar-refractivity contribution in [3.8, 4) is 0 Å². The summed E-state index contributed by atoms with van der Waals surface area (Å²) in [5.74, 6) is 3.03. The summed E-state index contributed by atoms with van der Waals surface area (Å²) in [4.78, 5) is 0. The van der Waals surface area contributed by atoms with Crippen molar-refractivity contribution in [3.05, 3.63) is 0 Å². The Morgan fingerprint density at radius 3 is 2.31 bits per heavy atom. The van der Waals surface area contributed by atoms with Crippen LogP contribution < -0.4 is 0 Å². The first-order chi connectivity index (χ1) is 6.27. The van der Waals surface area contributed by atoms with E-state index in [0.717, 1.165) is 17.8 Å². The first kappa shape index (κ1) is 11.6. The highest BCUT2D eigenvalue weighted by atomic mass is 79.9. The van der Waals surface area contributed by atoms with Crippen LogP contribution >= 0.6 is 15.9 Å². The molecule has 0 aliphatic heterocycles. The molecule has 0 N–H and O–H groups in total. The fraction of sp³-hybridized carbons (Fsp3) is 1.00. The molecule has 0 amide bonds. The van der Waals surface area contributed by atoms with Crippen molar-refractivity contribution in [2.75, 3.05) is 5.33 Å². The lowest BCUT2D eigenvalue weighted by molar-refractivity contribution is 0.208. The fourth-order valence-corrected chi connectivity index (χ4v) is 3.18. The molecule has 78 valence electrons. The second kappa shape index (κ2) is 6.06. The second-order valence-corrected chi connectivity index (χ2v) is 5.44. The van der Waals surface area contributed by atoms with Crippen LogP contribution in [0.25, 0.3) is 0 Å². The molecule has 1 fully saturated rings. The van der Waals surface area contributed by atoms with Gasteiger partial charge in [-0.3, -0.25) is 0 Å². The van der Waals surface area contributed by atoms with E-state index in [9.17, 15) is 0 Å². The molecular weight excluding hydrogens is 224 g/mol. The standard InChI is InChI=1S/C12H23Br/c1-3-10(2)12-6-4-11(5-7-12)8-9-13/h10-12H,3-9H2,1-2H3. The molecule has 0 heterocycles. The third-order valence-corrected chi connectivity index (χ3v) is 4.32. The maximum absolute atomic E-state index is 3.54. The third-order valence-electron chi connectivity index (χ3n) is 3.86. The summed E-state index contributed by atoms with van der Waals surface area (Å²) < 4.78 is 0. The Bertz CT molecular complexity index is 125. The van der Waals surface area contributed by atoms with Crippen LogP contribution in [0.15, 0.2) is 0 Å². The maximum atomic E-state index is 3.54. The van der Waals surface area contributed by atoms with Crippen molar-refractivity contribution in [1.29, 1.82) is 0 Å². The molecule has 1 saturated carbocycles. The van der Waals surface area contributed by atoms with Gasteiger partial charge in [-0.25, -0.2) is 0 Å². The SMILES string of the molecule is CCC(C)C1CCC(CCBr)CC1. The lowest BCUT2D eigenvalue weighted by atomic mass is 9.75. The topological polar surface area (TPSA) is 0 Å². The van der Waals surface area contributed by atoms with Crippen LogP contribution in [0.3, 0.4) is 0 Å². The summed E-state index contributed by atoms with van der Waals surface area (Å²) >= 11 is 3.54. The Balaban J connectivity index is 2.22. The first-order valence-electron chi connectivity index (χ1n) is 5.83. The van der Waals surface area contributed by atoms with Gasteiger partial charge in [-0.15, -0.1) is 0 Å². The maximum Gasteiger partial charge on any atom is 0.00339 e. The van der Waals surface area contributed by atoms with Crippen LogP contribution in [0.5, 0.6) is 0 Å². The minimum absolute atomic E-state index is 0.963. The number of rotatable bonds is 4. The molecule has 0 radical (unpaired) electrons. The zero-order chi connectivity index (χ0) is 9.68. The molecule has 0 aromatic rings. The van der Waals surface area contributed by atoms with Crippen molar-refractivity contribution >= 4 is 15.9 Å². The Kier molecular flexibility index (Phi) is 5.38. The largest absolute Gasteiger partial charge is 0.0928 e. The van der Waals surface area contributed by atoms with E-state index in [0.29, 0.717) is 0 Å². The lowest BCUT2D eigenvalue weighted by Gasteiger charge is -2.31. The van der Waals surface area contributed by atoms with E-state index < -0.39 is 0 Å². The Labute approximate surface area is 91.6 Å². The molecule has 13 heavy (non-hydrogen) atoms. The van der Waals surface area contributed by atoms with Gasteiger partial charge >= 0.3 is 0 Å². The summed E-state index contributed by atoms with van der Waals surface area (Å²) in [5, 5.41) is 1.20. The van der Waals surface area contributed by atoms with Crippen LogP contribution in [-0.2, 0) is 0 Å². The number of hydrogen-bond acceptors (Lipinski definition) is 0. The minimum Gasteiger partial charge on any atom is -0.0928 e. The average molecular weight is 247 g/mol. The zero-order valence-electron chi connectivity index (χ0n) is 9.06. The Morgan fingerprint density at radius 2 is 1.85 bits per heavy atom. The van der Waals surface area contributed by atoms with Gasteiger partial charge in [-0.05, 0) is 37.0 Å². The van der Waals surface area contributed by atoms with Crippen molar-refractivity contribution in [3.63, 3.8) is 0 Å². The summed E-state index contributed by atoms with van der Waals surface area (Å²) in [7, 11) is 0. The second-order valence-electron chi connectivity index (χ2n) is 4.64. The number of alkyl halides is 1. The van der Waals surface area contributed by atoms with E-state index in [1.165, 1.54) is 43.9 Å². The third kappa shape index (κ3) is 3.61. The number of halogens is 1. The molecule has 0 aromatic carbocycles. The summed E-state index contributed by atoms with van der Waals surface area (Å²) in [6.45, 7) is 4.75. The molecule has 1 unspecified atom stereocenters. The van der Waals surface area contributed by atoms with Gasteiger partial charge in [0, 0.05) is 5.33 Å². The van der Waals surface area contributed by atoms with Crippen molar-refractivity contribution in [2.45, 2.75) is 52.4 Å². The summed E-state index contributed by atoms with van der Waals surface area (Å²) in [6, 6.07) is 0. The molecule has 1 rings (SSSR count). The predicted octanol–water partition coefficient (Wildman–Crippen LogP) is 4.62. The average Bonchev–Trinajstić information content (AvgIpc) is 2.18. The van der Waals surface area contributed by atoms with Crippen LogP contribution in [0.2, 0.25) is 0 Å². The van der Waals surface area contributed by atoms with E-state index in [-0.39, 0.29) is 0 Å². The first-order valence-corrected chi connectivity index (χ1v) is 6.96. The highest BCUT2D eigenvalue weighted by molar-refractivity contribution is 9.09. The highest BCUT2D eigenvalue weighted by Crippen LogP contribution is 2.35. The van der Waals surface area contributed by atoms with Crippen LogP contribution in [0.1, 0.15) is 52.4 Å². The van der Waals surface area contributed by atoms with E-state index in [4.69, 9.17) is 0 Å². The zero-order valence-corrected chi connectivity index (χ0v) is 10.6. The van der Waals surface area contributed by atoms with Crippen molar-refractivity contribution in [2.24, 2.45) is 17.8 Å². The van der Waals surface area contributed by atoms with E-state index in [2.05, 4.69) is 29.8 Å². The molecular formula is C12H23Br. The van der Waals surface area contributed by atoms with Gasteiger partial charge in [0.05, 0.1) is 0 Å². The molecule has 1 atom stereocenters. The summed E-state index contributed by atoms with van der Waals surface area (Å²) in [6.07, 6.45) is 8.72. The van der Waals surface area contributed by atoms with Gasteiger partial charge in [0.15, 0.2) is 0 Å². The van der Waals surface area contributed by atoms with Crippen LogP contribution in [0, 0.1) is 17.8 Å². The molecule has 1 aliphatic rings. The Morgan fingerprint density at radius 1 is 1.23 bits per heavy atom. The monoisotopic (exact) mass is 246 g/mol. The summed E-state index contributed by atoms with van der Waals surface area (Å²) in [5.41, 5.74) is 0. The normalized spacial score (nSPS) is 31.6. The predicted molar refractivity (Wildman–Crippen MR) is 63.3 cm³/mol. The van der Waals surface area contributed by atoms with Gasteiger partial charge in [0.2, 0.25) is 0 Å². The number of hydrogen-bond donors (Lipinski definition) is 0. The molecule has 0 aromatic heterocycles. The lowest BCUT2D eigenvalue weighted by Crippen LogP contribution is -2.19. The van der Waals surface area contributed by atoms with E-state index in [1.807, 2.05) is 0 Å². The molecule has 1 heteroatoms. The smallest absolute Gasteiger partial charge is 0.00339 e. The molecule has 0 spiro atoms. The van der Waals surface area contributed by atoms with Gasteiger partial charge in [-0.2, -0.15) is 0 Å². The minimum atomic E-state index is 0.963. The van der Waals surface area contributed by atoms with E-state index >= 15 is 0 Å².